The van der Waals surface area contributed by atoms with Crippen LogP contribution in [0.25, 0.3) is 0 Å². The highest BCUT2D eigenvalue weighted by Crippen LogP contribution is 2.24. The maximum absolute atomic E-state index is 12.7. The number of rotatable bonds is 6. The molecule has 2 aliphatic carbocycles. The van der Waals surface area contributed by atoms with E-state index in [1.54, 1.807) is 0 Å². The summed E-state index contributed by atoms with van der Waals surface area (Å²) in [6.07, 6.45) is 10.9. The zero-order valence-electron chi connectivity index (χ0n) is 16.8. The van der Waals surface area contributed by atoms with Crippen molar-refractivity contribution in [2.75, 3.05) is 11.9 Å². The van der Waals surface area contributed by atoms with Crippen LogP contribution in [0.5, 0.6) is 5.88 Å². The van der Waals surface area contributed by atoms with E-state index >= 15 is 0 Å². The molecule has 2 fully saturated rings. The molecule has 0 saturated heterocycles. The van der Waals surface area contributed by atoms with Crippen LogP contribution in [0, 0.1) is 21.3 Å². The number of hydrogen-bond acceptors (Lipinski definition) is 6. The second-order valence-electron chi connectivity index (χ2n) is 7.10. The number of aromatic nitrogens is 2. The molecule has 0 aromatic carbocycles. The van der Waals surface area contributed by atoms with Gasteiger partial charge in [-0.15, -0.1) is 0 Å². The van der Waals surface area contributed by atoms with E-state index in [2.05, 4.69) is 27.0 Å². The number of aliphatic hydroxyl groups is 1. The fourth-order valence-electron chi connectivity index (χ4n) is 3.26. The van der Waals surface area contributed by atoms with Crippen LogP contribution in [0.15, 0.2) is 6.20 Å². The van der Waals surface area contributed by atoms with Crippen molar-refractivity contribution in [3.05, 3.63) is 33.0 Å². The molecule has 1 heterocycles. The molecule has 7 nitrogen and oxygen atoms in total. The van der Waals surface area contributed by atoms with E-state index in [0.717, 1.165) is 38.5 Å². The Morgan fingerprint density at radius 3 is 2.68 bits per heavy atom. The van der Waals surface area contributed by atoms with E-state index in [1.807, 2.05) is 6.92 Å². The molecule has 0 aliphatic heterocycles. The molecule has 1 aromatic heterocycles. The van der Waals surface area contributed by atoms with Crippen LogP contribution in [0.3, 0.4) is 0 Å². The summed E-state index contributed by atoms with van der Waals surface area (Å²) in [5.74, 6) is 0.586. The van der Waals surface area contributed by atoms with Crippen LogP contribution in [0.2, 0.25) is 0 Å². The number of carbonyl (C=O) groups excluding carboxylic acids is 1. The van der Waals surface area contributed by atoms with E-state index in [0.29, 0.717) is 36.5 Å². The molecule has 0 bridgehead atoms. The van der Waals surface area contributed by atoms with E-state index in [1.165, 1.54) is 12.6 Å². The van der Waals surface area contributed by atoms with Gasteiger partial charge in [0.15, 0.2) is 0 Å². The lowest BCUT2D eigenvalue weighted by Gasteiger charge is -2.26. The van der Waals surface area contributed by atoms with Gasteiger partial charge in [0, 0.05) is 18.3 Å². The molecule has 2 saturated carbocycles. The van der Waals surface area contributed by atoms with Gasteiger partial charge in [-0.2, -0.15) is 4.98 Å². The summed E-state index contributed by atoms with van der Waals surface area (Å²) in [5, 5.41) is 16.1. The van der Waals surface area contributed by atoms with Gasteiger partial charge in [-0.1, -0.05) is 21.3 Å². The zero-order chi connectivity index (χ0) is 18.4. The number of ether oxygens (including phenoxy) is 1. The third-order valence-corrected chi connectivity index (χ3v) is 5.04. The summed E-state index contributed by atoms with van der Waals surface area (Å²) >= 11 is 0. The quantitative estimate of drug-likeness (QED) is 0.692. The van der Waals surface area contributed by atoms with Crippen molar-refractivity contribution in [2.24, 2.45) is 0 Å². The molecule has 3 rings (SSSR count). The van der Waals surface area contributed by atoms with E-state index in [4.69, 9.17) is 4.74 Å². The summed E-state index contributed by atoms with van der Waals surface area (Å²) in [5.41, 5.74) is 0.349. The number of amides is 1. The van der Waals surface area contributed by atoms with E-state index in [9.17, 15) is 9.90 Å². The van der Waals surface area contributed by atoms with Gasteiger partial charge in [-0.25, -0.2) is 4.98 Å². The molecule has 1 amide bonds. The number of anilines is 1. The Morgan fingerprint density at radius 1 is 1.21 bits per heavy atom. The molecular weight excluding hydrogens is 356 g/mol. The minimum Gasteiger partial charge on any atom is -0.477 e. The van der Waals surface area contributed by atoms with Gasteiger partial charge in [0.25, 0.3) is 5.91 Å². The molecule has 2 aliphatic rings. The summed E-state index contributed by atoms with van der Waals surface area (Å²) in [7, 11) is 0. The first-order valence-corrected chi connectivity index (χ1v) is 9.74. The normalized spacial score (nSPS) is 22.4. The minimum absolute atomic E-state index is 0. The van der Waals surface area contributed by atoms with Crippen molar-refractivity contribution < 1.29 is 14.6 Å². The lowest BCUT2D eigenvalue weighted by atomic mass is 9.93. The average Bonchev–Trinajstić information content (AvgIpc) is 2.58. The first kappa shape index (κ1) is 24.1. The second kappa shape index (κ2) is 11.8. The Morgan fingerprint density at radius 2 is 2.00 bits per heavy atom. The SMILES string of the molecule is CCOc1nc(NC2CCC2)ncc1C(=O)N[C@@H]1[CH]CCC[C@H](O)CC1.[CH2].[CH2]. The van der Waals surface area contributed by atoms with Crippen LogP contribution >= 0.6 is 0 Å². The summed E-state index contributed by atoms with van der Waals surface area (Å²) in [6.45, 7) is 2.30. The molecule has 5 radical (unpaired) electrons. The van der Waals surface area contributed by atoms with Crippen LogP contribution in [-0.4, -0.2) is 45.8 Å². The van der Waals surface area contributed by atoms with Crippen molar-refractivity contribution in [1.82, 2.24) is 15.3 Å². The number of aliphatic hydroxyl groups excluding tert-OH is 1. The van der Waals surface area contributed by atoms with Crippen LogP contribution in [0.1, 0.15) is 68.6 Å². The monoisotopic (exact) mass is 389 g/mol. The Labute approximate surface area is 169 Å². The smallest absolute Gasteiger partial charge is 0.258 e. The Balaban J connectivity index is 0.00000196. The maximum Gasteiger partial charge on any atom is 0.258 e. The van der Waals surface area contributed by atoms with Crippen molar-refractivity contribution in [1.29, 1.82) is 0 Å². The van der Waals surface area contributed by atoms with Crippen LogP contribution in [0.4, 0.5) is 5.95 Å². The highest BCUT2D eigenvalue weighted by Gasteiger charge is 2.23. The largest absolute Gasteiger partial charge is 0.477 e. The fraction of sp³-hybridized carbons (Fsp3) is 0.619. The highest BCUT2D eigenvalue weighted by atomic mass is 16.5. The molecule has 7 heteroatoms. The Kier molecular flexibility index (Phi) is 10.2. The summed E-state index contributed by atoms with van der Waals surface area (Å²) in [6, 6.07) is 0.361. The van der Waals surface area contributed by atoms with Crippen molar-refractivity contribution in [3.8, 4) is 5.88 Å². The van der Waals surface area contributed by atoms with Gasteiger partial charge in [-0.05, 0) is 58.3 Å². The molecule has 0 unspecified atom stereocenters. The molecule has 3 N–H and O–H groups in total. The summed E-state index contributed by atoms with van der Waals surface area (Å²) in [4.78, 5) is 21.4. The third kappa shape index (κ3) is 6.62. The summed E-state index contributed by atoms with van der Waals surface area (Å²) < 4.78 is 5.58. The Bertz CT molecular complexity index is 607. The van der Waals surface area contributed by atoms with Gasteiger partial charge in [0.1, 0.15) is 5.56 Å². The third-order valence-electron chi connectivity index (χ3n) is 5.04. The number of hydrogen-bond donors (Lipinski definition) is 3. The first-order chi connectivity index (χ1) is 12.7. The molecule has 2 atom stereocenters. The average molecular weight is 390 g/mol. The first-order valence-electron chi connectivity index (χ1n) is 9.74. The molecule has 28 heavy (non-hydrogen) atoms. The van der Waals surface area contributed by atoms with Crippen molar-refractivity contribution >= 4 is 11.9 Å². The van der Waals surface area contributed by atoms with E-state index in [-0.39, 0.29) is 32.9 Å². The standard InChI is InChI=1S/C19H29N4O3.2CH2/c1-2-26-18-16(12-20-19(23-18)22-13-7-5-8-13)17(25)21-14-6-3-4-9-15(24)11-10-14;;/h6,12-15,24H,2-5,7-11H2,1H3,(H,21,25)(H,20,22,23);2*1H2/t14-,15+;;/m1../s1. The van der Waals surface area contributed by atoms with Crippen molar-refractivity contribution in [2.45, 2.75) is 76.5 Å². The van der Waals surface area contributed by atoms with Crippen LogP contribution in [-0.2, 0) is 0 Å². The second-order valence-corrected chi connectivity index (χ2v) is 7.10. The van der Waals surface area contributed by atoms with Gasteiger partial charge < -0.3 is 20.5 Å². The van der Waals surface area contributed by atoms with Crippen molar-refractivity contribution in [3.63, 3.8) is 0 Å². The highest BCUT2D eigenvalue weighted by molar-refractivity contribution is 5.96. The molecule has 1 aromatic rings. The fourth-order valence-corrected chi connectivity index (χ4v) is 3.26. The van der Waals surface area contributed by atoms with Gasteiger partial charge in [0.05, 0.1) is 12.7 Å². The lowest BCUT2D eigenvalue weighted by Crippen LogP contribution is -2.37. The molecular formula is C21H33N4O3. The zero-order valence-corrected chi connectivity index (χ0v) is 16.8. The number of nitrogens with one attached hydrogen (secondary N) is 2. The Hall–Kier alpha value is -1.89. The predicted octanol–water partition coefficient (Wildman–Crippen LogP) is 3.12. The number of carbonyl (C=O) groups is 1. The number of nitrogens with zero attached hydrogens (tertiary/aromatic N) is 2. The van der Waals surface area contributed by atoms with Gasteiger partial charge in [-0.3, -0.25) is 4.79 Å². The van der Waals surface area contributed by atoms with Gasteiger partial charge >= 0.3 is 0 Å². The molecule has 0 spiro atoms. The van der Waals surface area contributed by atoms with Crippen LogP contribution < -0.4 is 15.4 Å². The molecule has 155 valence electrons. The predicted molar refractivity (Wildman–Crippen MR) is 110 cm³/mol. The van der Waals surface area contributed by atoms with Gasteiger partial charge in [0.2, 0.25) is 11.8 Å². The topological polar surface area (TPSA) is 96.4 Å². The minimum atomic E-state index is -0.276. The lowest BCUT2D eigenvalue weighted by molar-refractivity contribution is 0.0920. The van der Waals surface area contributed by atoms with E-state index < -0.39 is 0 Å². The maximum atomic E-state index is 12.7.